The zero-order chi connectivity index (χ0) is 12.5. The molecule has 0 saturated heterocycles. The number of nitrogen functional groups attached to an aromatic ring is 1. The van der Waals surface area contributed by atoms with E-state index in [1.54, 1.807) is 4.88 Å². The van der Waals surface area contributed by atoms with E-state index in [9.17, 15) is 0 Å². The fraction of sp³-hybridized carbons (Fsp3) is 0.286. The number of hydrogen-bond acceptors (Lipinski definition) is 3. The second kappa shape index (κ2) is 5.03. The summed E-state index contributed by atoms with van der Waals surface area (Å²) in [4.78, 5) is 4.01. The first kappa shape index (κ1) is 12.2. The number of nitrogens with two attached hydrogens (primary N) is 1. The molecule has 1 aliphatic heterocycles. The summed E-state index contributed by atoms with van der Waals surface area (Å²) in [6, 6.07) is 8.26. The number of fused-ring (bicyclic) bond motifs is 1. The maximum absolute atomic E-state index is 6.06. The molecule has 0 bridgehead atoms. The van der Waals surface area contributed by atoms with Gasteiger partial charge < -0.3 is 5.73 Å². The zero-order valence-electron chi connectivity index (χ0n) is 10.0. The number of anilines is 1. The Morgan fingerprint density at radius 2 is 2.22 bits per heavy atom. The molecule has 0 aliphatic carbocycles. The van der Waals surface area contributed by atoms with Gasteiger partial charge in [-0.3, -0.25) is 4.90 Å². The van der Waals surface area contributed by atoms with E-state index in [-0.39, 0.29) is 0 Å². The summed E-state index contributed by atoms with van der Waals surface area (Å²) in [5.41, 5.74) is 9.62. The van der Waals surface area contributed by atoms with Crippen LogP contribution in [-0.4, -0.2) is 11.4 Å². The van der Waals surface area contributed by atoms with Gasteiger partial charge in [0.15, 0.2) is 0 Å². The molecular weight excluding hydrogens is 308 g/mol. The van der Waals surface area contributed by atoms with E-state index in [0.29, 0.717) is 0 Å². The molecule has 0 fully saturated rings. The van der Waals surface area contributed by atoms with Crippen molar-refractivity contribution >= 4 is 33.0 Å². The molecule has 2 nitrogen and oxygen atoms in total. The molecule has 1 aromatic heterocycles. The van der Waals surface area contributed by atoms with Gasteiger partial charge in [-0.25, -0.2) is 0 Å². The predicted molar refractivity (Wildman–Crippen MR) is 80.7 cm³/mol. The van der Waals surface area contributed by atoms with Crippen LogP contribution >= 0.6 is 27.3 Å². The summed E-state index contributed by atoms with van der Waals surface area (Å²) in [6.45, 7) is 3.08. The molecule has 0 unspecified atom stereocenters. The van der Waals surface area contributed by atoms with Crippen molar-refractivity contribution in [3.63, 3.8) is 0 Å². The molecule has 2 heterocycles. The van der Waals surface area contributed by atoms with Crippen molar-refractivity contribution < 1.29 is 0 Å². The van der Waals surface area contributed by atoms with E-state index < -0.39 is 0 Å². The summed E-state index contributed by atoms with van der Waals surface area (Å²) in [5, 5.41) is 2.20. The van der Waals surface area contributed by atoms with Crippen molar-refractivity contribution in [2.75, 3.05) is 12.3 Å². The third-order valence-electron chi connectivity index (χ3n) is 3.42. The van der Waals surface area contributed by atoms with Gasteiger partial charge in [0.1, 0.15) is 0 Å². The Labute approximate surface area is 120 Å². The van der Waals surface area contributed by atoms with Crippen LogP contribution in [0.3, 0.4) is 0 Å². The minimum absolute atomic E-state index is 0.875. The van der Waals surface area contributed by atoms with Crippen LogP contribution < -0.4 is 5.73 Å². The number of thiophene rings is 1. The number of nitrogens with zero attached hydrogens (tertiary/aromatic N) is 1. The highest BCUT2D eigenvalue weighted by molar-refractivity contribution is 9.10. The largest absolute Gasteiger partial charge is 0.398 e. The van der Waals surface area contributed by atoms with Gasteiger partial charge in [0.2, 0.25) is 0 Å². The van der Waals surface area contributed by atoms with Gasteiger partial charge in [-0.05, 0) is 35.6 Å². The smallest absolute Gasteiger partial charge is 0.0371 e. The first-order valence-electron chi connectivity index (χ1n) is 6.04. The second-order valence-corrected chi connectivity index (χ2v) is 6.49. The third-order valence-corrected chi connectivity index (χ3v) is 5.19. The molecule has 4 heteroatoms. The van der Waals surface area contributed by atoms with E-state index in [1.807, 2.05) is 23.5 Å². The molecule has 0 saturated carbocycles. The van der Waals surface area contributed by atoms with Crippen LogP contribution in [0.15, 0.2) is 34.1 Å². The molecule has 0 radical (unpaired) electrons. The molecule has 18 heavy (non-hydrogen) atoms. The lowest BCUT2D eigenvalue weighted by molar-refractivity contribution is 0.247. The van der Waals surface area contributed by atoms with Crippen molar-refractivity contribution in [2.24, 2.45) is 0 Å². The van der Waals surface area contributed by atoms with E-state index in [2.05, 4.69) is 38.3 Å². The van der Waals surface area contributed by atoms with E-state index >= 15 is 0 Å². The number of halogens is 1. The molecule has 0 amide bonds. The number of hydrogen-bond donors (Lipinski definition) is 1. The molecule has 3 rings (SSSR count). The highest BCUT2D eigenvalue weighted by Crippen LogP contribution is 2.28. The molecular formula is C14H15BrN2S. The Morgan fingerprint density at radius 1 is 1.33 bits per heavy atom. The van der Waals surface area contributed by atoms with Crippen LogP contribution in [0.4, 0.5) is 5.69 Å². The fourth-order valence-corrected chi connectivity index (χ4v) is 3.80. The minimum atomic E-state index is 0.875. The van der Waals surface area contributed by atoms with Crippen LogP contribution in [0, 0.1) is 0 Å². The zero-order valence-corrected chi connectivity index (χ0v) is 12.4. The topological polar surface area (TPSA) is 29.3 Å². The molecule has 1 aromatic carbocycles. The van der Waals surface area contributed by atoms with E-state index in [1.165, 1.54) is 11.1 Å². The molecule has 0 atom stereocenters. The Bertz CT molecular complexity index is 544. The van der Waals surface area contributed by atoms with Crippen molar-refractivity contribution in [1.29, 1.82) is 0 Å². The quantitative estimate of drug-likeness (QED) is 0.855. The summed E-state index contributed by atoms with van der Waals surface area (Å²) < 4.78 is 1.11. The molecule has 2 aromatic rings. The fourth-order valence-electron chi connectivity index (χ4n) is 2.41. The van der Waals surface area contributed by atoms with Gasteiger partial charge in [-0.1, -0.05) is 22.0 Å². The SMILES string of the molecule is Nc1cccc(Br)c1CN1CCc2sccc2C1. The Kier molecular flexibility index (Phi) is 3.41. The standard InChI is InChI=1S/C14H15BrN2S/c15-12-2-1-3-13(16)11(12)9-17-6-4-14-10(8-17)5-7-18-14/h1-3,5,7H,4,6,8-9,16H2. The third kappa shape index (κ3) is 2.32. The van der Waals surface area contributed by atoms with E-state index in [0.717, 1.165) is 36.2 Å². The van der Waals surface area contributed by atoms with Crippen LogP contribution in [-0.2, 0) is 19.5 Å². The minimum Gasteiger partial charge on any atom is -0.398 e. The highest BCUT2D eigenvalue weighted by Gasteiger charge is 2.18. The van der Waals surface area contributed by atoms with Crippen molar-refractivity contribution in [3.8, 4) is 0 Å². The van der Waals surface area contributed by atoms with Crippen LogP contribution in [0.5, 0.6) is 0 Å². The van der Waals surface area contributed by atoms with Gasteiger partial charge in [-0.2, -0.15) is 0 Å². The van der Waals surface area contributed by atoms with Gasteiger partial charge in [0.05, 0.1) is 0 Å². The average Bonchev–Trinajstić information content (AvgIpc) is 2.81. The Hall–Kier alpha value is -0.840. The summed E-state index contributed by atoms with van der Waals surface area (Å²) in [6.07, 6.45) is 1.16. The summed E-state index contributed by atoms with van der Waals surface area (Å²) in [5.74, 6) is 0. The maximum atomic E-state index is 6.06. The lowest BCUT2D eigenvalue weighted by Gasteiger charge is -2.27. The van der Waals surface area contributed by atoms with Crippen LogP contribution in [0.2, 0.25) is 0 Å². The normalized spacial score (nSPS) is 15.6. The first-order valence-corrected chi connectivity index (χ1v) is 7.72. The van der Waals surface area contributed by atoms with E-state index in [4.69, 9.17) is 5.73 Å². The second-order valence-electron chi connectivity index (χ2n) is 4.64. The summed E-state index contributed by atoms with van der Waals surface area (Å²) >= 11 is 5.47. The Morgan fingerprint density at radius 3 is 3.06 bits per heavy atom. The molecule has 0 spiro atoms. The van der Waals surface area contributed by atoms with Gasteiger partial charge in [-0.15, -0.1) is 11.3 Å². The first-order chi connectivity index (χ1) is 8.74. The van der Waals surface area contributed by atoms with Gasteiger partial charge >= 0.3 is 0 Å². The molecule has 1 aliphatic rings. The average molecular weight is 323 g/mol. The lowest BCUT2D eigenvalue weighted by atomic mass is 10.1. The van der Waals surface area contributed by atoms with Crippen LogP contribution in [0.1, 0.15) is 16.0 Å². The van der Waals surface area contributed by atoms with Gasteiger partial charge in [0, 0.05) is 40.2 Å². The van der Waals surface area contributed by atoms with Gasteiger partial charge in [0.25, 0.3) is 0 Å². The maximum Gasteiger partial charge on any atom is 0.0371 e. The lowest BCUT2D eigenvalue weighted by Crippen LogP contribution is -2.29. The predicted octanol–water partition coefficient (Wildman–Crippen LogP) is 3.65. The summed E-state index contributed by atoms with van der Waals surface area (Å²) in [7, 11) is 0. The van der Waals surface area contributed by atoms with Crippen molar-refractivity contribution in [1.82, 2.24) is 4.90 Å². The van der Waals surface area contributed by atoms with Crippen LogP contribution in [0.25, 0.3) is 0 Å². The molecule has 94 valence electrons. The highest BCUT2D eigenvalue weighted by atomic mass is 79.9. The number of rotatable bonds is 2. The Balaban J connectivity index is 1.79. The monoisotopic (exact) mass is 322 g/mol. The number of benzene rings is 1. The molecule has 2 N–H and O–H groups in total. The van der Waals surface area contributed by atoms with Crippen molar-refractivity contribution in [2.45, 2.75) is 19.5 Å². The van der Waals surface area contributed by atoms with Crippen molar-refractivity contribution in [3.05, 3.63) is 50.1 Å².